The van der Waals surface area contributed by atoms with E-state index in [9.17, 15) is 13.6 Å². The number of nitrogens with one attached hydrogen (secondary N) is 1. The van der Waals surface area contributed by atoms with Crippen molar-refractivity contribution in [2.24, 2.45) is 17.6 Å². The van der Waals surface area contributed by atoms with Crippen molar-refractivity contribution in [3.8, 4) is 11.5 Å². The number of rotatable bonds is 7. The molecular weight excluding hydrogens is 306 g/mol. The molecule has 0 unspecified atom stereocenters. The summed E-state index contributed by atoms with van der Waals surface area (Å²) < 4.78 is 34.5. The summed E-state index contributed by atoms with van der Waals surface area (Å²) in [5, 5.41) is 2.80. The van der Waals surface area contributed by atoms with Gasteiger partial charge in [0.25, 0.3) is 0 Å². The summed E-state index contributed by atoms with van der Waals surface area (Å²) in [6, 6.07) is 4.52. The Morgan fingerprint density at radius 2 is 2.22 bits per heavy atom. The number of amides is 1. The lowest BCUT2D eigenvalue weighted by Crippen LogP contribution is -2.34. The van der Waals surface area contributed by atoms with Crippen molar-refractivity contribution in [2.45, 2.75) is 32.4 Å². The average molecular weight is 328 g/mol. The lowest BCUT2D eigenvalue weighted by Gasteiger charge is -2.18. The van der Waals surface area contributed by atoms with E-state index >= 15 is 0 Å². The average Bonchev–Trinajstić information content (AvgIpc) is 3.01. The maximum atomic E-state index is 12.5. The zero-order valence-corrected chi connectivity index (χ0v) is 13.1. The number of methoxy groups -OCH3 is 1. The van der Waals surface area contributed by atoms with Gasteiger partial charge in [-0.1, -0.05) is 6.42 Å². The quantitative estimate of drug-likeness (QED) is 0.805. The smallest absolute Gasteiger partial charge is 0.387 e. The molecule has 0 radical (unpaired) electrons. The molecular formula is C16H22F2N2O3. The Morgan fingerprint density at radius 3 is 2.87 bits per heavy atom. The number of alkyl halides is 2. The van der Waals surface area contributed by atoms with E-state index in [2.05, 4.69) is 10.1 Å². The van der Waals surface area contributed by atoms with Crippen molar-refractivity contribution in [3.05, 3.63) is 23.8 Å². The van der Waals surface area contributed by atoms with Crippen molar-refractivity contribution >= 4 is 5.91 Å². The molecule has 1 amide bonds. The standard InChI is InChI=1S/C16H22F2N2O3/c1-22-12-5-6-14(23-16(17)18)11(7-12)9-20-15(21)13-4-2-3-10(13)8-19/h5-7,10,13,16H,2-4,8-9,19H2,1H3,(H,20,21)/t10-,13-/m1/s1. The number of halogens is 2. The molecule has 1 aliphatic carbocycles. The van der Waals surface area contributed by atoms with Gasteiger partial charge in [0, 0.05) is 18.0 Å². The highest BCUT2D eigenvalue weighted by Gasteiger charge is 2.31. The van der Waals surface area contributed by atoms with Crippen LogP contribution in [0.1, 0.15) is 24.8 Å². The number of hydrogen-bond donors (Lipinski definition) is 2. The number of ether oxygens (including phenoxy) is 2. The Kier molecular flexibility index (Phi) is 6.15. The van der Waals surface area contributed by atoms with E-state index in [1.807, 2.05) is 0 Å². The summed E-state index contributed by atoms with van der Waals surface area (Å²) in [5.41, 5.74) is 6.13. The Balaban J connectivity index is 2.04. The molecule has 0 saturated heterocycles. The molecule has 3 N–H and O–H groups in total. The summed E-state index contributed by atoms with van der Waals surface area (Å²) >= 11 is 0. The molecule has 0 bridgehead atoms. The largest absolute Gasteiger partial charge is 0.497 e. The van der Waals surface area contributed by atoms with Crippen LogP contribution in [0.3, 0.4) is 0 Å². The van der Waals surface area contributed by atoms with Crippen LogP contribution in [-0.2, 0) is 11.3 Å². The van der Waals surface area contributed by atoms with Gasteiger partial charge in [-0.25, -0.2) is 0 Å². The van der Waals surface area contributed by atoms with E-state index in [0.29, 0.717) is 17.9 Å². The van der Waals surface area contributed by atoms with Crippen LogP contribution in [0.2, 0.25) is 0 Å². The van der Waals surface area contributed by atoms with E-state index in [-0.39, 0.29) is 30.0 Å². The highest BCUT2D eigenvalue weighted by Crippen LogP contribution is 2.31. The van der Waals surface area contributed by atoms with Crippen molar-refractivity contribution in [3.63, 3.8) is 0 Å². The molecule has 23 heavy (non-hydrogen) atoms. The Labute approximate surface area is 134 Å². The van der Waals surface area contributed by atoms with Gasteiger partial charge in [-0.05, 0) is 43.5 Å². The summed E-state index contributed by atoms with van der Waals surface area (Å²) in [6.45, 7) is -2.34. The van der Waals surface area contributed by atoms with Gasteiger partial charge in [0.15, 0.2) is 0 Å². The lowest BCUT2D eigenvalue weighted by atomic mass is 9.95. The first-order valence-corrected chi connectivity index (χ1v) is 7.64. The van der Waals surface area contributed by atoms with Gasteiger partial charge >= 0.3 is 6.61 Å². The molecule has 2 atom stereocenters. The van der Waals surface area contributed by atoms with Gasteiger partial charge in [-0.3, -0.25) is 4.79 Å². The molecule has 0 aromatic heterocycles. The van der Waals surface area contributed by atoms with Crippen LogP contribution in [0, 0.1) is 11.8 Å². The van der Waals surface area contributed by atoms with E-state index < -0.39 is 6.61 Å². The maximum absolute atomic E-state index is 12.5. The number of carbonyl (C=O) groups excluding carboxylic acids is 1. The molecule has 2 rings (SSSR count). The molecule has 0 aliphatic heterocycles. The van der Waals surface area contributed by atoms with E-state index in [1.165, 1.54) is 19.2 Å². The molecule has 5 nitrogen and oxygen atoms in total. The molecule has 1 aliphatic rings. The van der Waals surface area contributed by atoms with Gasteiger partial charge in [0.05, 0.1) is 7.11 Å². The summed E-state index contributed by atoms with van der Waals surface area (Å²) in [4.78, 5) is 12.3. The van der Waals surface area contributed by atoms with Crippen molar-refractivity contribution in [1.82, 2.24) is 5.32 Å². The second kappa shape index (κ2) is 8.10. The topological polar surface area (TPSA) is 73.6 Å². The van der Waals surface area contributed by atoms with Crippen LogP contribution in [0.15, 0.2) is 18.2 Å². The Morgan fingerprint density at radius 1 is 1.43 bits per heavy atom. The van der Waals surface area contributed by atoms with Crippen LogP contribution in [-0.4, -0.2) is 26.2 Å². The minimum atomic E-state index is -2.92. The molecule has 1 aromatic rings. The van der Waals surface area contributed by atoms with E-state index in [4.69, 9.17) is 10.5 Å². The predicted molar refractivity (Wildman–Crippen MR) is 81.4 cm³/mol. The van der Waals surface area contributed by atoms with Gasteiger partial charge < -0.3 is 20.5 Å². The number of hydrogen-bond acceptors (Lipinski definition) is 4. The number of benzene rings is 1. The van der Waals surface area contributed by atoms with Crippen LogP contribution >= 0.6 is 0 Å². The minimum Gasteiger partial charge on any atom is -0.497 e. The third-order valence-electron chi connectivity index (χ3n) is 4.24. The summed E-state index contributed by atoms with van der Waals surface area (Å²) in [6.07, 6.45) is 2.75. The minimum absolute atomic E-state index is 0.0305. The molecule has 1 saturated carbocycles. The fraction of sp³-hybridized carbons (Fsp3) is 0.562. The zero-order chi connectivity index (χ0) is 16.8. The van der Waals surface area contributed by atoms with Gasteiger partial charge in [0.1, 0.15) is 11.5 Å². The summed E-state index contributed by atoms with van der Waals surface area (Å²) in [5.74, 6) is 0.533. The first kappa shape index (κ1) is 17.5. The fourth-order valence-electron chi connectivity index (χ4n) is 3.01. The van der Waals surface area contributed by atoms with E-state index in [0.717, 1.165) is 19.3 Å². The highest BCUT2D eigenvalue weighted by atomic mass is 19.3. The number of carbonyl (C=O) groups is 1. The normalized spacial score (nSPS) is 20.6. The second-order valence-electron chi connectivity index (χ2n) is 5.60. The molecule has 7 heteroatoms. The first-order valence-electron chi connectivity index (χ1n) is 7.64. The van der Waals surface area contributed by atoms with Crippen LogP contribution in [0.5, 0.6) is 11.5 Å². The third kappa shape index (κ3) is 4.54. The van der Waals surface area contributed by atoms with Gasteiger partial charge in [-0.2, -0.15) is 8.78 Å². The lowest BCUT2D eigenvalue weighted by molar-refractivity contribution is -0.126. The molecule has 1 aromatic carbocycles. The van der Waals surface area contributed by atoms with Gasteiger partial charge in [0.2, 0.25) is 5.91 Å². The maximum Gasteiger partial charge on any atom is 0.387 e. The van der Waals surface area contributed by atoms with Crippen LogP contribution < -0.4 is 20.5 Å². The predicted octanol–water partition coefficient (Wildman–Crippen LogP) is 2.29. The zero-order valence-electron chi connectivity index (χ0n) is 13.1. The molecule has 128 valence electrons. The van der Waals surface area contributed by atoms with Gasteiger partial charge in [-0.15, -0.1) is 0 Å². The Bertz CT molecular complexity index is 540. The monoisotopic (exact) mass is 328 g/mol. The molecule has 0 heterocycles. The fourth-order valence-corrected chi connectivity index (χ4v) is 3.01. The molecule has 1 fully saturated rings. The number of nitrogens with two attached hydrogens (primary N) is 1. The van der Waals surface area contributed by atoms with Crippen LogP contribution in [0.25, 0.3) is 0 Å². The second-order valence-corrected chi connectivity index (χ2v) is 5.60. The van der Waals surface area contributed by atoms with Crippen molar-refractivity contribution in [1.29, 1.82) is 0 Å². The highest BCUT2D eigenvalue weighted by molar-refractivity contribution is 5.79. The van der Waals surface area contributed by atoms with E-state index in [1.54, 1.807) is 6.07 Å². The van der Waals surface area contributed by atoms with Crippen LogP contribution in [0.4, 0.5) is 8.78 Å². The van der Waals surface area contributed by atoms with Crippen molar-refractivity contribution < 1.29 is 23.0 Å². The third-order valence-corrected chi connectivity index (χ3v) is 4.24. The first-order chi connectivity index (χ1) is 11.0. The molecule has 0 spiro atoms. The summed E-state index contributed by atoms with van der Waals surface area (Å²) in [7, 11) is 1.48. The Hall–Kier alpha value is -1.89. The van der Waals surface area contributed by atoms with Crippen molar-refractivity contribution in [2.75, 3.05) is 13.7 Å². The SMILES string of the molecule is COc1ccc(OC(F)F)c(CNC(=O)[C@@H]2CCC[C@@H]2CN)c1.